The minimum atomic E-state index is -0.736. The van der Waals surface area contributed by atoms with Crippen molar-refractivity contribution in [1.29, 1.82) is 0 Å². The van der Waals surface area contributed by atoms with E-state index in [0.29, 0.717) is 0 Å². The van der Waals surface area contributed by atoms with Crippen molar-refractivity contribution in [2.24, 2.45) is 0 Å². The Bertz CT molecular complexity index is 586. The smallest absolute Gasteiger partial charge is 0.317 e. The number of methoxy groups -OCH3 is 1. The fourth-order valence-corrected chi connectivity index (χ4v) is 2.80. The van der Waals surface area contributed by atoms with Crippen LogP contribution in [0.1, 0.15) is 26.5 Å². The van der Waals surface area contributed by atoms with Gasteiger partial charge in [0.15, 0.2) is 0 Å². The van der Waals surface area contributed by atoms with Gasteiger partial charge in [0.1, 0.15) is 10.4 Å². The normalized spacial score (nSPS) is 11.6. The van der Waals surface area contributed by atoms with Crippen LogP contribution in [0.15, 0.2) is 17.9 Å². The Hall–Kier alpha value is -1.69. The third-order valence-electron chi connectivity index (χ3n) is 3.11. The SMILES string of the molecule is CCn1cncc1-c1nc(C(C)(C)C(=O)OC)cs1. The molecule has 0 saturated heterocycles. The molecule has 0 aliphatic rings. The fraction of sp³-hybridized carbons (Fsp3) is 0.462. The fourth-order valence-electron chi connectivity index (χ4n) is 1.79. The second-order valence-electron chi connectivity index (χ2n) is 4.72. The van der Waals surface area contributed by atoms with Crippen LogP contribution in [0.2, 0.25) is 0 Å². The van der Waals surface area contributed by atoms with Crippen molar-refractivity contribution in [3.63, 3.8) is 0 Å². The lowest BCUT2D eigenvalue weighted by Crippen LogP contribution is -2.30. The monoisotopic (exact) mass is 279 g/mol. The van der Waals surface area contributed by atoms with Gasteiger partial charge < -0.3 is 9.30 Å². The molecule has 5 nitrogen and oxygen atoms in total. The largest absolute Gasteiger partial charge is 0.468 e. The summed E-state index contributed by atoms with van der Waals surface area (Å²) < 4.78 is 6.84. The summed E-state index contributed by atoms with van der Waals surface area (Å²) in [5.74, 6) is -0.284. The molecule has 2 aromatic heterocycles. The molecule has 19 heavy (non-hydrogen) atoms. The van der Waals surface area contributed by atoms with Gasteiger partial charge >= 0.3 is 5.97 Å². The van der Waals surface area contributed by atoms with Crippen molar-refractivity contribution < 1.29 is 9.53 Å². The maximum Gasteiger partial charge on any atom is 0.317 e. The first-order chi connectivity index (χ1) is 9.00. The van der Waals surface area contributed by atoms with Gasteiger partial charge in [0.25, 0.3) is 0 Å². The Kier molecular flexibility index (Phi) is 3.71. The van der Waals surface area contributed by atoms with E-state index in [1.807, 2.05) is 23.8 Å². The maximum atomic E-state index is 11.8. The van der Waals surface area contributed by atoms with Gasteiger partial charge in [-0.1, -0.05) is 0 Å². The zero-order chi connectivity index (χ0) is 14.0. The number of esters is 1. The molecule has 6 heteroatoms. The van der Waals surface area contributed by atoms with Crippen molar-refractivity contribution in [3.05, 3.63) is 23.6 Å². The van der Waals surface area contributed by atoms with Crippen LogP contribution in [0.4, 0.5) is 0 Å². The van der Waals surface area contributed by atoms with Crippen LogP contribution in [0, 0.1) is 0 Å². The van der Waals surface area contributed by atoms with Gasteiger partial charge in [0.2, 0.25) is 0 Å². The first-order valence-corrected chi connectivity index (χ1v) is 6.93. The van der Waals surface area contributed by atoms with E-state index in [1.54, 1.807) is 12.5 Å². The summed E-state index contributed by atoms with van der Waals surface area (Å²) in [6, 6.07) is 0. The third kappa shape index (κ3) is 2.40. The van der Waals surface area contributed by atoms with E-state index in [-0.39, 0.29) is 5.97 Å². The van der Waals surface area contributed by atoms with E-state index in [4.69, 9.17) is 4.74 Å². The van der Waals surface area contributed by atoms with Crippen LogP contribution in [0.25, 0.3) is 10.7 Å². The first-order valence-electron chi connectivity index (χ1n) is 6.05. The molecule has 0 aromatic carbocycles. The number of aryl methyl sites for hydroxylation is 1. The molecule has 0 bridgehead atoms. The zero-order valence-electron chi connectivity index (χ0n) is 11.5. The number of hydrogen-bond acceptors (Lipinski definition) is 5. The summed E-state index contributed by atoms with van der Waals surface area (Å²) in [5.41, 5.74) is 0.961. The molecule has 0 spiro atoms. The van der Waals surface area contributed by atoms with Gasteiger partial charge in [-0.15, -0.1) is 11.3 Å². The van der Waals surface area contributed by atoms with E-state index in [2.05, 4.69) is 16.9 Å². The lowest BCUT2D eigenvalue weighted by Gasteiger charge is -2.18. The number of thiazole rings is 1. The number of carbonyl (C=O) groups excluding carboxylic acids is 1. The van der Waals surface area contributed by atoms with E-state index in [0.717, 1.165) is 22.9 Å². The van der Waals surface area contributed by atoms with Gasteiger partial charge in [-0.05, 0) is 20.8 Å². The van der Waals surface area contributed by atoms with Crippen molar-refractivity contribution in [2.45, 2.75) is 32.7 Å². The van der Waals surface area contributed by atoms with Crippen molar-refractivity contribution >= 4 is 17.3 Å². The number of rotatable bonds is 4. The highest BCUT2D eigenvalue weighted by Crippen LogP contribution is 2.30. The van der Waals surface area contributed by atoms with Gasteiger partial charge in [0.05, 0.1) is 31.0 Å². The molecule has 2 heterocycles. The van der Waals surface area contributed by atoms with Crippen molar-refractivity contribution in [1.82, 2.24) is 14.5 Å². The standard InChI is InChI=1S/C13H17N3O2S/c1-5-16-8-14-6-9(16)11-15-10(7-19-11)13(2,3)12(17)18-4/h6-8H,5H2,1-4H3. The number of imidazole rings is 1. The van der Waals surface area contributed by atoms with Crippen LogP contribution >= 0.6 is 11.3 Å². The first kappa shape index (κ1) is 13.7. The summed E-state index contributed by atoms with van der Waals surface area (Å²) >= 11 is 1.51. The average Bonchev–Trinajstić information content (AvgIpc) is 3.05. The molecule has 2 rings (SSSR count). The Morgan fingerprint density at radius 1 is 1.53 bits per heavy atom. The van der Waals surface area contributed by atoms with Gasteiger partial charge in [-0.3, -0.25) is 4.79 Å². The van der Waals surface area contributed by atoms with Crippen LogP contribution in [-0.4, -0.2) is 27.6 Å². The predicted octanol–water partition coefficient (Wildman–Crippen LogP) is 2.48. The molecule has 0 radical (unpaired) electrons. The predicted molar refractivity (Wildman–Crippen MR) is 74.1 cm³/mol. The summed E-state index contributed by atoms with van der Waals surface area (Å²) in [6.07, 6.45) is 3.57. The summed E-state index contributed by atoms with van der Waals surface area (Å²) in [7, 11) is 1.39. The molecular formula is C13H17N3O2S. The topological polar surface area (TPSA) is 57.0 Å². The van der Waals surface area contributed by atoms with E-state index >= 15 is 0 Å². The van der Waals surface area contributed by atoms with E-state index in [9.17, 15) is 4.79 Å². The molecule has 0 fully saturated rings. The highest BCUT2D eigenvalue weighted by atomic mass is 32.1. The molecular weight excluding hydrogens is 262 g/mol. The Morgan fingerprint density at radius 2 is 2.26 bits per heavy atom. The molecule has 0 saturated carbocycles. The number of carbonyl (C=O) groups is 1. The van der Waals surface area contributed by atoms with E-state index in [1.165, 1.54) is 18.4 Å². The van der Waals surface area contributed by atoms with Crippen molar-refractivity contribution in [3.8, 4) is 10.7 Å². The molecule has 2 aromatic rings. The van der Waals surface area contributed by atoms with Crippen LogP contribution < -0.4 is 0 Å². The lowest BCUT2D eigenvalue weighted by molar-refractivity contribution is -0.146. The quantitative estimate of drug-likeness (QED) is 0.807. The summed E-state index contributed by atoms with van der Waals surface area (Å²) in [4.78, 5) is 20.5. The molecule has 0 aliphatic heterocycles. The Morgan fingerprint density at radius 3 is 2.89 bits per heavy atom. The lowest BCUT2D eigenvalue weighted by atomic mass is 9.90. The van der Waals surface area contributed by atoms with Crippen LogP contribution in [0.3, 0.4) is 0 Å². The van der Waals surface area contributed by atoms with Crippen molar-refractivity contribution in [2.75, 3.05) is 7.11 Å². The average molecular weight is 279 g/mol. The van der Waals surface area contributed by atoms with Gasteiger partial charge in [-0.2, -0.15) is 0 Å². The number of ether oxygens (including phenoxy) is 1. The molecule has 0 aliphatic carbocycles. The van der Waals surface area contributed by atoms with Crippen LogP contribution in [0.5, 0.6) is 0 Å². The second kappa shape index (κ2) is 5.13. The number of nitrogens with zero attached hydrogens (tertiary/aromatic N) is 3. The number of aromatic nitrogens is 3. The second-order valence-corrected chi connectivity index (χ2v) is 5.58. The third-order valence-corrected chi connectivity index (χ3v) is 3.98. The number of hydrogen-bond donors (Lipinski definition) is 0. The molecule has 102 valence electrons. The summed E-state index contributed by atoms with van der Waals surface area (Å²) in [5, 5.41) is 2.77. The Balaban J connectivity index is 2.37. The Labute approximate surface area is 116 Å². The highest BCUT2D eigenvalue weighted by Gasteiger charge is 2.33. The molecule has 0 atom stereocenters. The summed E-state index contributed by atoms with van der Waals surface area (Å²) in [6.45, 7) is 6.52. The maximum absolute atomic E-state index is 11.8. The highest BCUT2D eigenvalue weighted by molar-refractivity contribution is 7.13. The minimum Gasteiger partial charge on any atom is -0.468 e. The zero-order valence-corrected chi connectivity index (χ0v) is 12.3. The van der Waals surface area contributed by atoms with Gasteiger partial charge in [-0.25, -0.2) is 9.97 Å². The molecule has 0 unspecified atom stereocenters. The van der Waals surface area contributed by atoms with Gasteiger partial charge in [0, 0.05) is 11.9 Å². The van der Waals surface area contributed by atoms with E-state index < -0.39 is 5.41 Å². The minimum absolute atomic E-state index is 0.284. The van der Waals surface area contributed by atoms with Crippen LogP contribution in [-0.2, 0) is 21.5 Å². The molecule has 0 amide bonds. The molecule has 0 N–H and O–H groups in total.